The van der Waals surface area contributed by atoms with E-state index in [-0.39, 0.29) is 28.2 Å². The summed E-state index contributed by atoms with van der Waals surface area (Å²) < 4.78 is 5.59. The van der Waals surface area contributed by atoms with E-state index in [0.29, 0.717) is 5.56 Å². The molecule has 134 valence electrons. The summed E-state index contributed by atoms with van der Waals surface area (Å²) in [6.45, 7) is 1.48. The third kappa shape index (κ3) is 3.19. The molecule has 1 aromatic heterocycles. The van der Waals surface area contributed by atoms with Crippen LogP contribution in [0.3, 0.4) is 0 Å². The molecule has 2 amide bonds. The molecule has 0 spiro atoms. The average molecular weight is 365 g/mol. The number of hydrogen-bond acceptors (Lipinski definition) is 7. The molecule has 0 fully saturated rings. The second-order valence-corrected chi connectivity index (χ2v) is 5.62. The van der Waals surface area contributed by atoms with Gasteiger partial charge in [-0.2, -0.15) is 5.26 Å². The van der Waals surface area contributed by atoms with Crippen molar-refractivity contribution in [1.82, 2.24) is 5.32 Å². The number of carbonyl (C=O) groups is 2. The molecule has 0 saturated carbocycles. The second kappa shape index (κ2) is 6.61. The number of carbonyl (C=O) groups excluding carboxylic acids is 2. The van der Waals surface area contributed by atoms with Crippen molar-refractivity contribution in [2.24, 2.45) is 0 Å². The summed E-state index contributed by atoms with van der Waals surface area (Å²) in [7, 11) is 0. The van der Waals surface area contributed by atoms with E-state index in [4.69, 9.17) is 9.68 Å². The van der Waals surface area contributed by atoms with Gasteiger partial charge in [0.05, 0.1) is 4.92 Å². The first-order valence-corrected chi connectivity index (χ1v) is 7.58. The fraction of sp³-hybridized carbons (Fsp3) is 0.0556. The van der Waals surface area contributed by atoms with Crippen molar-refractivity contribution in [3.05, 3.63) is 62.9 Å². The van der Waals surface area contributed by atoms with Crippen molar-refractivity contribution >= 4 is 23.6 Å². The smallest absolute Gasteiger partial charge is 0.311 e. The van der Waals surface area contributed by atoms with Gasteiger partial charge in [0.15, 0.2) is 5.75 Å². The van der Waals surface area contributed by atoms with Crippen molar-refractivity contribution in [3.63, 3.8) is 0 Å². The summed E-state index contributed by atoms with van der Waals surface area (Å²) in [6, 6.07) is 8.61. The molecule has 0 unspecified atom stereocenters. The Morgan fingerprint density at radius 3 is 2.67 bits per heavy atom. The molecule has 0 aliphatic carbocycles. The van der Waals surface area contributed by atoms with E-state index >= 15 is 0 Å². The molecule has 0 bridgehead atoms. The van der Waals surface area contributed by atoms with Crippen molar-refractivity contribution in [2.75, 3.05) is 0 Å². The van der Waals surface area contributed by atoms with Crippen LogP contribution in [0.1, 0.15) is 12.7 Å². The molecule has 0 saturated heterocycles. The van der Waals surface area contributed by atoms with Gasteiger partial charge in [0.2, 0.25) is 0 Å². The van der Waals surface area contributed by atoms with Crippen LogP contribution in [0.4, 0.5) is 5.69 Å². The molecule has 3 rings (SSSR count). The Labute approximate surface area is 152 Å². The number of furan rings is 1. The molecule has 0 atom stereocenters. The van der Waals surface area contributed by atoms with Crippen molar-refractivity contribution in [2.45, 2.75) is 6.92 Å². The molecule has 1 aliphatic heterocycles. The topological polar surface area (TPSA) is 146 Å². The number of phenolic OH excluding ortho intramolecular Hbond substituents is 1. The Hall–Kier alpha value is -4.19. The monoisotopic (exact) mass is 365 g/mol. The first-order chi connectivity index (χ1) is 12.8. The number of nitro benzene ring substituents is 1. The summed E-state index contributed by atoms with van der Waals surface area (Å²) in [5.74, 6) is -1.36. The first-order valence-electron chi connectivity index (χ1n) is 7.58. The molecule has 0 radical (unpaired) electrons. The number of imide groups is 1. The molecule has 9 nitrogen and oxygen atoms in total. The number of aromatic hydroxyl groups is 1. The summed E-state index contributed by atoms with van der Waals surface area (Å²) in [5.41, 5.74) is 0.0545. The predicted octanol–water partition coefficient (Wildman–Crippen LogP) is 2.44. The Kier molecular flexibility index (Phi) is 4.31. The minimum Gasteiger partial charge on any atom is -0.502 e. The number of rotatable bonds is 3. The number of amides is 2. The molecular weight excluding hydrogens is 354 g/mol. The predicted molar refractivity (Wildman–Crippen MR) is 91.9 cm³/mol. The van der Waals surface area contributed by atoms with E-state index in [1.807, 2.05) is 0 Å². The Balaban J connectivity index is 2.01. The lowest BCUT2D eigenvalue weighted by molar-refractivity contribution is -0.385. The van der Waals surface area contributed by atoms with Crippen LogP contribution in [0.25, 0.3) is 17.4 Å². The van der Waals surface area contributed by atoms with Crippen LogP contribution < -0.4 is 5.32 Å². The lowest BCUT2D eigenvalue weighted by Gasteiger charge is -2.15. The van der Waals surface area contributed by atoms with E-state index in [9.17, 15) is 24.8 Å². The normalized spacial score (nSPS) is 15.6. The summed E-state index contributed by atoms with van der Waals surface area (Å²) >= 11 is 0. The van der Waals surface area contributed by atoms with Crippen LogP contribution in [0.2, 0.25) is 0 Å². The van der Waals surface area contributed by atoms with E-state index in [1.165, 1.54) is 31.2 Å². The van der Waals surface area contributed by atoms with Gasteiger partial charge in [-0.3, -0.25) is 25.0 Å². The van der Waals surface area contributed by atoms with Crippen LogP contribution >= 0.6 is 0 Å². The van der Waals surface area contributed by atoms with E-state index < -0.39 is 28.2 Å². The summed E-state index contributed by atoms with van der Waals surface area (Å²) in [4.78, 5) is 33.9. The van der Waals surface area contributed by atoms with Gasteiger partial charge >= 0.3 is 5.69 Å². The van der Waals surface area contributed by atoms with Crippen LogP contribution in [-0.4, -0.2) is 21.8 Å². The highest BCUT2D eigenvalue weighted by Gasteiger charge is 2.27. The van der Waals surface area contributed by atoms with Crippen LogP contribution in [0.5, 0.6) is 5.75 Å². The minimum atomic E-state index is -0.756. The Morgan fingerprint density at radius 1 is 1.26 bits per heavy atom. The molecule has 1 aromatic carbocycles. The van der Waals surface area contributed by atoms with Gasteiger partial charge in [0.1, 0.15) is 23.2 Å². The average Bonchev–Trinajstić information content (AvgIpc) is 3.07. The van der Waals surface area contributed by atoms with Gasteiger partial charge in [-0.25, -0.2) is 0 Å². The Bertz CT molecular complexity index is 1100. The van der Waals surface area contributed by atoms with Crippen molar-refractivity contribution < 1.29 is 24.0 Å². The molecule has 2 aromatic rings. The zero-order valence-electron chi connectivity index (χ0n) is 13.8. The van der Waals surface area contributed by atoms with E-state index in [2.05, 4.69) is 5.32 Å². The van der Waals surface area contributed by atoms with Crippen LogP contribution in [0.15, 0.2) is 51.5 Å². The van der Waals surface area contributed by atoms with Crippen LogP contribution in [-0.2, 0) is 9.59 Å². The first kappa shape index (κ1) is 17.6. The maximum Gasteiger partial charge on any atom is 0.311 e. The molecule has 2 N–H and O–H groups in total. The number of nitriles is 1. The quantitative estimate of drug-likeness (QED) is 0.367. The second-order valence-electron chi connectivity index (χ2n) is 5.62. The highest BCUT2D eigenvalue weighted by Crippen LogP contribution is 2.33. The number of nitrogens with zero attached hydrogens (tertiary/aromatic N) is 2. The van der Waals surface area contributed by atoms with Gasteiger partial charge in [0.25, 0.3) is 11.8 Å². The zero-order valence-corrected chi connectivity index (χ0v) is 13.8. The van der Waals surface area contributed by atoms with Crippen LogP contribution in [0, 0.1) is 21.4 Å². The number of phenols is 1. The van der Waals surface area contributed by atoms with Gasteiger partial charge in [0, 0.05) is 17.2 Å². The number of nitro groups is 1. The summed E-state index contributed by atoms with van der Waals surface area (Å²) in [5, 5.41) is 31.6. The SMILES string of the molecule is CC1=C(C#N)C(=O)NC(=O)/C1=C\c1ccc(-c2ccc(O)c([N+](=O)[O-])c2)o1. The lowest BCUT2D eigenvalue weighted by Crippen LogP contribution is -2.37. The Morgan fingerprint density at radius 2 is 2.00 bits per heavy atom. The third-order valence-corrected chi connectivity index (χ3v) is 3.96. The maximum absolute atomic E-state index is 12.0. The number of nitrogens with one attached hydrogen (secondary N) is 1. The molecular formula is C18H11N3O6. The molecule has 27 heavy (non-hydrogen) atoms. The zero-order chi connectivity index (χ0) is 19.7. The fourth-order valence-electron chi connectivity index (χ4n) is 2.57. The summed E-state index contributed by atoms with van der Waals surface area (Å²) in [6.07, 6.45) is 1.37. The van der Waals surface area contributed by atoms with E-state index in [1.54, 1.807) is 12.1 Å². The highest BCUT2D eigenvalue weighted by atomic mass is 16.6. The minimum absolute atomic E-state index is 0.101. The largest absolute Gasteiger partial charge is 0.502 e. The molecule has 9 heteroatoms. The van der Waals surface area contributed by atoms with E-state index in [0.717, 1.165) is 6.07 Å². The molecule has 1 aliphatic rings. The van der Waals surface area contributed by atoms with Gasteiger partial charge in [-0.1, -0.05) is 0 Å². The highest BCUT2D eigenvalue weighted by molar-refractivity contribution is 6.19. The lowest BCUT2D eigenvalue weighted by atomic mass is 9.96. The van der Waals surface area contributed by atoms with Gasteiger partial charge < -0.3 is 9.52 Å². The third-order valence-electron chi connectivity index (χ3n) is 3.96. The standard InChI is InChI=1S/C18H11N3O6/c1-9-12(17(23)20-18(24)13(9)8-19)7-11-3-5-16(27-11)10-2-4-15(22)14(6-10)21(25)26/h2-7,22H,1H3,(H,20,23,24)/b12-7-. The fourth-order valence-corrected chi connectivity index (χ4v) is 2.57. The number of hydrogen-bond donors (Lipinski definition) is 2. The number of benzene rings is 1. The maximum atomic E-state index is 12.0. The van der Waals surface area contributed by atoms with Gasteiger partial charge in [-0.05, 0) is 42.8 Å². The van der Waals surface area contributed by atoms with Gasteiger partial charge in [-0.15, -0.1) is 0 Å². The van der Waals surface area contributed by atoms with Crippen molar-refractivity contribution in [1.29, 1.82) is 5.26 Å². The van der Waals surface area contributed by atoms with Crippen molar-refractivity contribution in [3.8, 4) is 23.1 Å². The molecule has 2 heterocycles.